The molecule has 0 saturated carbocycles. The molecule has 0 aromatic rings. The minimum atomic E-state index is 0.752. The fraction of sp³-hybridized carbons (Fsp3) is 0.636. The predicted octanol–water partition coefficient (Wildman–Crippen LogP) is 2.07. The van der Waals surface area contributed by atoms with Crippen molar-refractivity contribution in [3.63, 3.8) is 0 Å². The van der Waals surface area contributed by atoms with Gasteiger partial charge in [-0.3, -0.25) is 0 Å². The zero-order chi connectivity index (χ0) is 8.55. The van der Waals surface area contributed by atoms with Gasteiger partial charge in [0.2, 0.25) is 0 Å². The van der Waals surface area contributed by atoms with Crippen LogP contribution in [0.1, 0.15) is 13.3 Å². The lowest BCUT2D eigenvalue weighted by atomic mass is 9.80. The third-order valence-electron chi connectivity index (χ3n) is 3.24. The van der Waals surface area contributed by atoms with Crippen LogP contribution < -0.4 is 0 Å². The molecule has 1 aliphatic carbocycles. The second-order valence-electron chi connectivity index (χ2n) is 4.12. The molecule has 1 aliphatic heterocycles. The highest BCUT2D eigenvalue weighted by Crippen LogP contribution is 2.30. The van der Waals surface area contributed by atoms with Crippen LogP contribution in [0.4, 0.5) is 0 Å². The Hall–Kier alpha value is -0.560. The second kappa shape index (κ2) is 3.06. The van der Waals surface area contributed by atoms with Gasteiger partial charge in [0, 0.05) is 12.6 Å². The van der Waals surface area contributed by atoms with Crippen molar-refractivity contribution in [1.29, 1.82) is 0 Å². The largest absolute Gasteiger partial charge is 0.303 e. The Morgan fingerprint density at radius 3 is 2.58 bits per heavy atom. The predicted molar refractivity (Wildman–Crippen MR) is 52.0 cm³/mol. The van der Waals surface area contributed by atoms with Crippen LogP contribution in [0.2, 0.25) is 0 Å². The van der Waals surface area contributed by atoms with Crippen molar-refractivity contribution < 1.29 is 0 Å². The Balaban J connectivity index is 2.09. The van der Waals surface area contributed by atoms with E-state index in [4.69, 9.17) is 0 Å². The first kappa shape index (κ1) is 8.06. The Kier molecular flexibility index (Phi) is 2.05. The van der Waals surface area contributed by atoms with E-state index in [1.165, 1.54) is 13.0 Å². The van der Waals surface area contributed by atoms with Crippen LogP contribution in [0.25, 0.3) is 0 Å². The fourth-order valence-corrected chi connectivity index (χ4v) is 2.24. The van der Waals surface area contributed by atoms with Crippen molar-refractivity contribution in [2.45, 2.75) is 19.4 Å². The van der Waals surface area contributed by atoms with Crippen molar-refractivity contribution in [3.05, 3.63) is 24.3 Å². The summed E-state index contributed by atoms with van der Waals surface area (Å²) >= 11 is 0. The first-order chi connectivity index (χ1) is 5.77. The van der Waals surface area contributed by atoms with Crippen molar-refractivity contribution in [3.8, 4) is 0 Å². The topological polar surface area (TPSA) is 3.24 Å². The molecule has 12 heavy (non-hydrogen) atoms. The molecule has 3 unspecified atom stereocenters. The smallest absolute Gasteiger partial charge is 0.00699 e. The molecule has 1 heteroatoms. The van der Waals surface area contributed by atoms with Crippen molar-refractivity contribution in [2.75, 3.05) is 13.6 Å². The van der Waals surface area contributed by atoms with Crippen LogP contribution in [-0.2, 0) is 0 Å². The van der Waals surface area contributed by atoms with E-state index >= 15 is 0 Å². The molecule has 1 fully saturated rings. The summed E-state index contributed by atoms with van der Waals surface area (Å²) in [6.45, 7) is 3.55. The Bertz CT molecular complexity index is 193. The maximum atomic E-state index is 2.46. The molecule has 2 rings (SSSR count). The Morgan fingerprint density at radius 1 is 1.17 bits per heavy atom. The van der Waals surface area contributed by atoms with Gasteiger partial charge in [0.15, 0.2) is 0 Å². The summed E-state index contributed by atoms with van der Waals surface area (Å²) in [5.74, 6) is 1.58. The molecule has 3 atom stereocenters. The van der Waals surface area contributed by atoms with Crippen molar-refractivity contribution in [2.24, 2.45) is 11.8 Å². The number of likely N-dealkylation sites (tertiary alicyclic amines) is 1. The maximum Gasteiger partial charge on any atom is 0.00699 e. The summed E-state index contributed by atoms with van der Waals surface area (Å²) < 4.78 is 0. The lowest BCUT2D eigenvalue weighted by Crippen LogP contribution is -2.42. The van der Waals surface area contributed by atoms with E-state index in [0.717, 1.165) is 17.9 Å². The SMILES string of the molecule is CC1CC2C=CC=CC2CN1C. The highest BCUT2D eigenvalue weighted by Gasteiger charge is 2.29. The second-order valence-corrected chi connectivity index (χ2v) is 4.12. The minimum Gasteiger partial charge on any atom is -0.303 e. The first-order valence-corrected chi connectivity index (χ1v) is 4.82. The van der Waals surface area contributed by atoms with Crippen LogP contribution in [0.5, 0.6) is 0 Å². The molecule has 0 N–H and O–H groups in total. The quantitative estimate of drug-likeness (QED) is 0.528. The van der Waals surface area contributed by atoms with Crippen LogP contribution >= 0.6 is 0 Å². The summed E-state index contributed by atoms with van der Waals surface area (Å²) in [4.78, 5) is 2.46. The van der Waals surface area contributed by atoms with Crippen molar-refractivity contribution in [1.82, 2.24) is 4.90 Å². The minimum absolute atomic E-state index is 0.752. The highest BCUT2D eigenvalue weighted by molar-refractivity contribution is 5.16. The average Bonchev–Trinajstić information content (AvgIpc) is 2.07. The van der Waals surface area contributed by atoms with E-state index in [1.807, 2.05) is 0 Å². The monoisotopic (exact) mass is 163 g/mol. The molecular formula is C11H17N. The molecule has 1 saturated heterocycles. The van der Waals surface area contributed by atoms with Gasteiger partial charge in [0.05, 0.1) is 0 Å². The molecule has 1 heterocycles. The molecule has 0 radical (unpaired) electrons. The summed E-state index contributed by atoms with van der Waals surface area (Å²) in [5, 5.41) is 0. The molecule has 0 spiro atoms. The van der Waals surface area contributed by atoms with Gasteiger partial charge in [-0.25, -0.2) is 0 Å². The molecular weight excluding hydrogens is 146 g/mol. The number of nitrogens with zero attached hydrogens (tertiary/aromatic N) is 1. The van der Waals surface area contributed by atoms with Crippen LogP contribution in [-0.4, -0.2) is 24.5 Å². The Morgan fingerprint density at radius 2 is 1.83 bits per heavy atom. The van der Waals surface area contributed by atoms with E-state index in [9.17, 15) is 0 Å². The van der Waals surface area contributed by atoms with Gasteiger partial charge in [-0.05, 0) is 32.2 Å². The normalized spacial score (nSPS) is 41.3. The Labute approximate surface area is 74.8 Å². The van der Waals surface area contributed by atoms with E-state index in [-0.39, 0.29) is 0 Å². The number of rotatable bonds is 0. The van der Waals surface area contributed by atoms with Crippen LogP contribution in [0, 0.1) is 11.8 Å². The van der Waals surface area contributed by atoms with Gasteiger partial charge in [0.1, 0.15) is 0 Å². The van der Waals surface area contributed by atoms with Gasteiger partial charge in [-0.1, -0.05) is 24.3 Å². The summed E-state index contributed by atoms with van der Waals surface area (Å²) in [5.41, 5.74) is 0. The van der Waals surface area contributed by atoms with Gasteiger partial charge in [0.25, 0.3) is 0 Å². The summed E-state index contributed by atoms with van der Waals surface area (Å²) in [6.07, 6.45) is 10.4. The molecule has 0 aromatic carbocycles. The summed E-state index contributed by atoms with van der Waals surface area (Å²) in [7, 11) is 2.23. The standard InChI is InChI=1S/C11H17N/c1-9-7-10-5-3-4-6-11(10)8-12(9)2/h3-6,9-11H,7-8H2,1-2H3. The third-order valence-corrected chi connectivity index (χ3v) is 3.24. The molecule has 0 amide bonds. The number of piperidine rings is 1. The van der Waals surface area contributed by atoms with Gasteiger partial charge in [-0.15, -0.1) is 0 Å². The molecule has 0 bridgehead atoms. The lowest BCUT2D eigenvalue weighted by Gasteiger charge is -2.39. The first-order valence-electron chi connectivity index (χ1n) is 4.82. The average molecular weight is 163 g/mol. The van der Waals surface area contributed by atoms with Gasteiger partial charge < -0.3 is 4.90 Å². The zero-order valence-corrected chi connectivity index (χ0v) is 7.90. The van der Waals surface area contributed by atoms with E-state index in [0.29, 0.717) is 0 Å². The van der Waals surface area contributed by atoms with E-state index in [1.54, 1.807) is 0 Å². The van der Waals surface area contributed by atoms with Gasteiger partial charge in [-0.2, -0.15) is 0 Å². The number of fused-ring (bicyclic) bond motifs is 1. The summed E-state index contributed by atoms with van der Waals surface area (Å²) in [6, 6.07) is 0.752. The fourth-order valence-electron chi connectivity index (χ4n) is 2.24. The number of hydrogen-bond acceptors (Lipinski definition) is 1. The molecule has 2 aliphatic rings. The number of hydrogen-bond donors (Lipinski definition) is 0. The molecule has 0 aromatic heterocycles. The van der Waals surface area contributed by atoms with Crippen molar-refractivity contribution >= 4 is 0 Å². The van der Waals surface area contributed by atoms with Crippen LogP contribution in [0.3, 0.4) is 0 Å². The zero-order valence-electron chi connectivity index (χ0n) is 7.90. The van der Waals surface area contributed by atoms with Crippen LogP contribution in [0.15, 0.2) is 24.3 Å². The van der Waals surface area contributed by atoms with Gasteiger partial charge >= 0.3 is 0 Å². The molecule has 1 nitrogen and oxygen atoms in total. The lowest BCUT2D eigenvalue weighted by molar-refractivity contribution is 0.137. The highest BCUT2D eigenvalue weighted by atomic mass is 15.1. The molecule has 66 valence electrons. The van der Waals surface area contributed by atoms with E-state index in [2.05, 4.69) is 43.2 Å². The van der Waals surface area contributed by atoms with E-state index < -0.39 is 0 Å². The number of allylic oxidation sites excluding steroid dienone is 3. The maximum absolute atomic E-state index is 2.46. The third kappa shape index (κ3) is 1.34.